The quantitative estimate of drug-likeness (QED) is 0.747. The van der Waals surface area contributed by atoms with E-state index in [-0.39, 0.29) is 0 Å². The molecule has 2 aromatic heterocycles. The Bertz CT molecular complexity index is 724. The minimum Gasteiger partial charge on any atom is -0.342 e. The van der Waals surface area contributed by atoms with Gasteiger partial charge in [0, 0.05) is 5.92 Å². The molecule has 0 unspecified atom stereocenters. The van der Waals surface area contributed by atoms with Gasteiger partial charge in [0.25, 0.3) is 0 Å². The zero-order valence-corrected chi connectivity index (χ0v) is 9.97. The molecule has 1 aliphatic rings. The maximum absolute atomic E-state index is 5.30. The van der Waals surface area contributed by atoms with Gasteiger partial charge in [-0.1, -0.05) is 11.2 Å². The van der Waals surface area contributed by atoms with Crippen molar-refractivity contribution in [3.8, 4) is 11.4 Å². The average Bonchev–Trinajstić information content (AvgIpc) is 2.97. The van der Waals surface area contributed by atoms with Gasteiger partial charge in [-0.2, -0.15) is 4.98 Å². The molecular formula is C13H12N4O. The van der Waals surface area contributed by atoms with E-state index < -0.39 is 0 Å². The molecule has 0 atom stereocenters. The summed E-state index contributed by atoms with van der Waals surface area (Å²) in [5.41, 5.74) is 2.83. The number of imidazole rings is 1. The Morgan fingerprint density at radius 2 is 2.17 bits per heavy atom. The van der Waals surface area contributed by atoms with Crippen LogP contribution in [0.15, 0.2) is 22.7 Å². The zero-order valence-electron chi connectivity index (χ0n) is 9.97. The van der Waals surface area contributed by atoms with E-state index in [2.05, 4.69) is 20.1 Å². The van der Waals surface area contributed by atoms with Crippen molar-refractivity contribution in [2.75, 3.05) is 0 Å². The molecule has 0 spiro atoms. The molecule has 1 N–H and O–H groups in total. The maximum atomic E-state index is 5.30. The summed E-state index contributed by atoms with van der Waals surface area (Å²) in [5, 5.41) is 4.07. The molecule has 1 aromatic carbocycles. The summed E-state index contributed by atoms with van der Waals surface area (Å²) >= 11 is 0. The molecule has 0 radical (unpaired) electrons. The molecule has 0 aliphatic heterocycles. The van der Waals surface area contributed by atoms with E-state index in [0.29, 0.717) is 11.7 Å². The number of rotatable bonds is 2. The standard InChI is InChI=1S/C13H12N4O/c1-7-14-10-4-2-3-9(11(10)15-7)12-16-13(18-17-12)8-5-6-8/h2-4,8H,5-6H2,1H3,(H,14,15). The third-order valence-electron chi connectivity index (χ3n) is 3.24. The number of H-pyrrole nitrogens is 1. The Morgan fingerprint density at radius 1 is 1.28 bits per heavy atom. The molecule has 1 aliphatic carbocycles. The summed E-state index contributed by atoms with van der Waals surface area (Å²) in [6, 6.07) is 5.95. The lowest BCUT2D eigenvalue weighted by atomic mass is 10.2. The van der Waals surface area contributed by atoms with Gasteiger partial charge in [0.2, 0.25) is 11.7 Å². The van der Waals surface area contributed by atoms with Crippen LogP contribution in [0.4, 0.5) is 0 Å². The van der Waals surface area contributed by atoms with Crippen molar-refractivity contribution in [3.63, 3.8) is 0 Å². The van der Waals surface area contributed by atoms with Gasteiger partial charge < -0.3 is 9.51 Å². The second-order valence-corrected chi connectivity index (χ2v) is 4.75. The van der Waals surface area contributed by atoms with Gasteiger partial charge in [0.15, 0.2) is 0 Å². The summed E-state index contributed by atoms with van der Waals surface area (Å²) in [4.78, 5) is 12.2. The first-order valence-corrected chi connectivity index (χ1v) is 6.10. The predicted molar refractivity (Wildman–Crippen MR) is 66.1 cm³/mol. The van der Waals surface area contributed by atoms with Gasteiger partial charge >= 0.3 is 0 Å². The van der Waals surface area contributed by atoms with Crippen LogP contribution in [0.3, 0.4) is 0 Å². The number of hydrogen-bond donors (Lipinski definition) is 1. The Morgan fingerprint density at radius 3 is 3.00 bits per heavy atom. The fourth-order valence-corrected chi connectivity index (χ4v) is 2.18. The lowest BCUT2D eigenvalue weighted by molar-refractivity contribution is 0.380. The molecule has 0 saturated heterocycles. The molecule has 5 nitrogen and oxygen atoms in total. The van der Waals surface area contributed by atoms with Crippen molar-refractivity contribution < 1.29 is 4.52 Å². The molecule has 0 amide bonds. The topological polar surface area (TPSA) is 67.6 Å². The molecule has 90 valence electrons. The van der Waals surface area contributed by atoms with E-state index in [1.807, 2.05) is 25.1 Å². The molecule has 5 heteroatoms. The van der Waals surface area contributed by atoms with E-state index in [0.717, 1.165) is 41.2 Å². The molecule has 1 fully saturated rings. The monoisotopic (exact) mass is 240 g/mol. The number of aromatic amines is 1. The van der Waals surface area contributed by atoms with Crippen molar-refractivity contribution in [1.82, 2.24) is 20.1 Å². The first-order chi connectivity index (χ1) is 8.81. The van der Waals surface area contributed by atoms with E-state index in [9.17, 15) is 0 Å². The first-order valence-electron chi connectivity index (χ1n) is 6.10. The highest BCUT2D eigenvalue weighted by Crippen LogP contribution is 2.39. The third kappa shape index (κ3) is 1.44. The van der Waals surface area contributed by atoms with Crippen molar-refractivity contribution in [1.29, 1.82) is 0 Å². The smallest absolute Gasteiger partial charge is 0.230 e. The van der Waals surface area contributed by atoms with Crippen molar-refractivity contribution >= 4 is 11.0 Å². The summed E-state index contributed by atoms with van der Waals surface area (Å²) in [6.07, 6.45) is 2.32. The second-order valence-electron chi connectivity index (χ2n) is 4.75. The second kappa shape index (κ2) is 3.41. The highest BCUT2D eigenvalue weighted by atomic mass is 16.5. The van der Waals surface area contributed by atoms with Gasteiger partial charge in [-0.3, -0.25) is 0 Å². The average molecular weight is 240 g/mol. The number of benzene rings is 1. The highest BCUT2D eigenvalue weighted by Gasteiger charge is 2.30. The van der Waals surface area contributed by atoms with E-state index in [1.54, 1.807) is 0 Å². The highest BCUT2D eigenvalue weighted by molar-refractivity contribution is 5.89. The Hall–Kier alpha value is -2.17. The minimum atomic E-state index is 0.478. The number of aryl methyl sites for hydroxylation is 1. The lowest BCUT2D eigenvalue weighted by Crippen LogP contribution is -1.84. The third-order valence-corrected chi connectivity index (χ3v) is 3.24. The van der Waals surface area contributed by atoms with Crippen LogP contribution in [0.1, 0.15) is 30.5 Å². The summed E-state index contributed by atoms with van der Waals surface area (Å²) < 4.78 is 5.30. The van der Waals surface area contributed by atoms with Gasteiger partial charge in [0.05, 0.1) is 16.6 Å². The van der Waals surface area contributed by atoms with Crippen LogP contribution in [0, 0.1) is 6.92 Å². The number of nitrogens with one attached hydrogen (secondary N) is 1. The van der Waals surface area contributed by atoms with Crippen LogP contribution < -0.4 is 0 Å². The van der Waals surface area contributed by atoms with Crippen LogP contribution >= 0.6 is 0 Å². The van der Waals surface area contributed by atoms with Crippen molar-refractivity contribution in [2.24, 2.45) is 0 Å². The number of hydrogen-bond acceptors (Lipinski definition) is 4. The van der Waals surface area contributed by atoms with E-state index in [4.69, 9.17) is 4.52 Å². The van der Waals surface area contributed by atoms with E-state index >= 15 is 0 Å². The lowest BCUT2D eigenvalue weighted by Gasteiger charge is -1.94. The first kappa shape index (κ1) is 9.82. The summed E-state index contributed by atoms with van der Waals surface area (Å²) in [6.45, 7) is 1.94. The predicted octanol–water partition coefficient (Wildman–Crippen LogP) is 2.80. The largest absolute Gasteiger partial charge is 0.342 e. The van der Waals surface area contributed by atoms with Crippen LogP contribution in [-0.4, -0.2) is 20.1 Å². The van der Waals surface area contributed by atoms with Crippen molar-refractivity contribution in [3.05, 3.63) is 29.9 Å². The molecule has 18 heavy (non-hydrogen) atoms. The summed E-state index contributed by atoms with van der Waals surface area (Å²) in [7, 11) is 0. The molecular weight excluding hydrogens is 228 g/mol. The molecule has 3 aromatic rings. The van der Waals surface area contributed by atoms with E-state index in [1.165, 1.54) is 0 Å². The number of aromatic nitrogens is 4. The molecule has 1 saturated carbocycles. The fraction of sp³-hybridized carbons (Fsp3) is 0.308. The van der Waals surface area contributed by atoms with Gasteiger partial charge in [-0.05, 0) is 31.9 Å². The minimum absolute atomic E-state index is 0.478. The van der Waals surface area contributed by atoms with Gasteiger partial charge in [0.1, 0.15) is 5.82 Å². The van der Waals surface area contributed by atoms with Crippen molar-refractivity contribution in [2.45, 2.75) is 25.7 Å². The van der Waals surface area contributed by atoms with Crippen LogP contribution in [0.2, 0.25) is 0 Å². The Kier molecular flexibility index (Phi) is 1.86. The molecule has 4 rings (SSSR count). The zero-order chi connectivity index (χ0) is 12.1. The number of fused-ring (bicyclic) bond motifs is 1. The molecule has 0 bridgehead atoms. The van der Waals surface area contributed by atoms with Gasteiger partial charge in [-0.25, -0.2) is 4.98 Å². The summed E-state index contributed by atoms with van der Waals surface area (Å²) in [5.74, 6) is 2.76. The fourth-order valence-electron chi connectivity index (χ4n) is 2.18. The Balaban J connectivity index is 1.89. The Labute approximate surface area is 103 Å². The van der Waals surface area contributed by atoms with Crippen LogP contribution in [-0.2, 0) is 0 Å². The van der Waals surface area contributed by atoms with Crippen LogP contribution in [0.25, 0.3) is 22.4 Å². The normalized spacial score (nSPS) is 15.4. The van der Waals surface area contributed by atoms with Gasteiger partial charge in [-0.15, -0.1) is 0 Å². The SMILES string of the molecule is Cc1nc2c(-c3noc(C4CC4)n3)cccc2[nH]1. The number of nitrogens with zero attached hydrogens (tertiary/aromatic N) is 3. The number of para-hydroxylation sites is 1. The van der Waals surface area contributed by atoms with Crippen LogP contribution in [0.5, 0.6) is 0 Å². The molecule has 2 heterocycles. The maximum Gasteiger partial charge on any atom is 0.230 e.